The van der Waals surface area contributed by atoms with Crippen molar-refractivity contribution in [3.63, 3.8) is 0 Å². The molecule has 0 aliphatic carbocycles. The van der Waals surface area contributed by atoms with Crippen molar-refractivity contribution in [3.05, 3.63) is 23.3 Å². The van der Waals surface area contributed by atoms with Crippen molar-refractivity contribution in [2.24, 2.45) is 5.73 Å². The number of hydrogen-bond donors (Lipinski definition) is 4. The van der Waals surface area contributed by atoms with E-state index < -0.39 is 12.0 Å². The number of carboxylic acids is 1. The van der Waals surface area contributed by atoms with Gasteiger partial charge in [0.2, 0.25) is 0 Å². The lowest BCUT2D eigenvalue weighted by Gasteiger charge is -2.11. The molecule has 0 heterocycles. The third-order valence-electron chi connectivity index (χ3n) is 2.27. The molecule has 0 fully saturated rings. The van der Waals surface area contributed by atoms with Crippen LogP contribution in [0.15, 0.2) is 12.1 Å². The molecule has 1 aromatic rings. The first kappa shape index (κ1) is 11.3. The summed E-state index contributed by atoms with van der Waals surface area (Å²) in [6.45, 7) is 1.71. The lowest BCUT2D eigenvalue weighted by Crippen LogP contribution is -2.32. The lowest BCUT2D eigenvalue weighted by atomic mass is 10.0. The Hall–Kier alpha value is -1.75. The number of aryl methyl sites for hydroxylation is 1. The number of phenols is 1. The van der Waals surface area contributed by atoms with Crippen molar-refractivity contribution in [1.82, 2.24) is 0 Å². The summed E-state index contributed by atoms with van der Waals surface area (Å²) in [6, 6.07) is 2.34. The van der Waals surface area contributed by atoms with Crippen molar-refractivity contribution in [2.45, 2.75) is 19.4 Å². The van der Waals surface area contributed by atoms with Crippen molar-refractivity contribution in [3.8, 4) is 5.75 Å². The summed E-state index contributed by atoms with van der Waals surface area (Å²) in [5.74, 6) is -1.10. The van der Waals surface area contributed by atoms with Crippen LogP contribution in [0.5, 0.6) is 5.75 Å². The number of rotatable bonds is 3. The van der Waals surface area contributed by atoms with Crippen LogP contribution in [0.2, 0.25) is 0 Å². The molecule has 0 saturated carbocycles. The predicted molar refractivity (Wildman–Crippen MR) is 56.6 cm³/mol. The molecule has 1 unspecified atom stereocenters. The zero-order valence-corrected chi connectivity index (χ0v) is 8.40. The Morgan fingerprint density at radius 2 is 2.13 bits per heavy atom. The molecule has 5 nitrogen and oxygen atoms in total. The first-order valence-corrected chi connectivity index (χ1v) is 4.48. The summed E-state index contributed by atoms with van der Waals surface area (Å²) in [5.41, 5.74) is 12.4. The van der Waals surface area contributed by atoms with Crippen LogP contribution in [0.4, 0.5) is 5.69 Å². The standard InChI is InChI=1S/C10H14N2O3/c1-5-2-3-6(8(12)9(5)13)4-7(11)10(14)15/h2-3,7,13H,4,11-12H2,1H3,(H,14,15). The number of aromatic hydroxyl groups is 1. The summed E-state index contributed by atoms with van der Waals surface area (Å²) in [5, 5.41) is 18.2. The molecular weight excluding hydrogens is 196 g/mol. The van der Waals surface area contributed by atoms with Gasteiger partial charge in [-0.3, -0.25) is 4.79 Å². The second-order valence-electron chi connectivity index (χ2n) is 3.45. The average Bonchev–Trinajstić information content (AvgIpc) is 2.18. The molecule has 15 heavy (non-hydrogen) atoms. The highest BCUT2D eigenvalue weighted by Crippen LogP contribution is 2.28. The number of anilines is 1. The first-order chi connectivity index (χ1) is 6.93. The van der Waals surface area contributed by atoms with Gasteiger partial charge in [0.05, 0.1) is 5.69 Å². The molecule has 6 N–H and O–H groups in total. The van der Waals surface area contributed by atoms with Gasteiger partial charge in [0, 0.05) is 6.42 Å². The van der Waals surface area contributed by atoms with Crippen molar-refractivity contribution in [1.29, 1.82) is 0 Å². The highest BCUT2D eigenvalue weighted by molar-refractivity contribution is 5.74. The minimum absolute atomic E-state index is 0.00918. The lowest BCUT2D eigenvalue weighted by molar-refractivity contribution is -0.138. The Morgan fingerprint density at radius 1 is 1.53 bits per heavy atom. The molecule has 0 aliphatic heterocycles. The maximum Gasteiger partial charge on any atom is 0.320 e. The van der Waals surface area contributed by atoms with Gasteiger partial charge in [0.15, 0.2) is 0 Å². The number of phenolic OH excluding ortho intramolecular Hbond substituents is 1. The molecular formula is C10H14N2O3. The topological polar surface area (TPSA) is 110 Å². The quantitative estimate of drug-likeness (QED) is 0.422. The summed E-state index contributed by atoms with van der Waals surface area (Å²) >= 11 is 0. The van der Waals surface area contributed by atoms with Crippen LogP contribution >= 0.6 is 0 Å². The molecule has 0 amide bonds. The van der Waals surface area contributed by atoms with Crippen LogP contribution in [0.3, 0.4) is 0 Å². The van der Waals surface area contributed by atoms with Gasteiger partial charge < -0.3 is 21.7 Å². The molecule has 0 bridgehead atoms. The van der Waals surface area contributed by atoms with E-state index in [0.717, 1.165) is 0 Å². The van der Waals surface area contributed by atoms with E-state index in [4.69, 9.17) is 16.6 Å². The monoisotopic (exact) mass is 210 g/mol. The second kappa shape index (κ2) is 4.18. The van der Waals surface area contributed by atoms with Gasteiger partial charge in [-0.2, -0.15) is 0 Å². The molecule has 0 aliphatic rings. The summed E-state index contributed by atoms with van der Waals surface area (Å²) in [4.78, 5) is 10.5. The maximum absolute atomic E-state index is 10.5. The zero-order valence-electron chi connectivity index (χ0n) is 8.40. The number of nitrogen functional groups attached to an aromatic ring is 1. The molecule has 5 heteroatoms. The number of hydrogen-bond acceptors (Lipinski definition) is 4. The van der Waals surface area contributed by atoms with Crippen LogP contribution in [0.1, 0.15) is 11.1 Å². The molecule has 0 aromatic heterocycles. The molecule has 1 aromatic carbocycles. The minimum atomic E-state index is -1.09. The van der Waals surface area contributed by atoms with E-state index in [1.54, 1.807) is 19.1 Å². The molecule has 1 rings (SSSR count). The van der Waals surface area contributed by atoms with Gasteiger partial charge in [0.25, 0.3) is 0 Å². The van der Waals surface area contributed by atoms with Crippen molar-refractivity contribution >= 4 is 11.7 Å². The smallest absolute Gasteiger partial charge is 0.320 e. The van der Waals surface area contributed by atoms with Gasteiger partial charge in [-0.15, -0.1) is 0 Å². The highest BCUT2D eigenvalue weighted by atomic mass is 16.4. The zero-order chi connectivity index (χ0) is 11.6. The minimum Gasteiger partial charge on any atom is -0.506 e. The number of carboxylic acid groups (broad SMARTS) is 1. The van der Waals surface area contributed by atoms with E-state index in [0.29, 0.717) is 11.1 Å². The molecule has 0 spiro atoms. The SMILES string of the molecule is Cc1ccc(CC(N)C(=O)O)c(N)c1O. The second-order valence-corrected chi connectivity index (χ2v) is 3.45. The van der Waals surface area contributed by atoms with Gasteiger partial charge in [-0.05, 0) is 18.1 Å². The van der Waals surface area contributed by atoms with Crippen LogP contribution < -0.4 is 11.5 Å². The third kappa shape index (κ3) is 2.38. The maximum atomic E-state index is 10.5. The molecule has 1 atom stereocenters. The summed E-state index contributed by atoms with van der Waals surface area (Å²) < 4.78 is 0. The molecule has 0 radical (unpaired) electrons. The third-order valence-corrected chi connectivity index (χ3v) is 2.27. The molecule has 0 saturated heterocycles. The van der Waals surface area contributed by atoms with E-state index in [1.165, 1.54) is 0 Å². The number of benzene rings is 1. The van der Waals surface area contributed by atoms with Crippen molar-refractivity contribution in [2.75, 3.05) is 5.73 Å². The number of nitrogens with two attached hydrogens (primary N) is 2. The summed E-state index contributed by atoms with van der Waals surface area (Å²) in [7, 11) is 0. The van der Waals surface area contributed by atoms with E-state index in [2.05, 4.69) is 0 Å². The predicted octanol–water partition coefficient (Wildman–Crippen LogP) is 0.237. The Balaban J connectivity index is 2.97. The molecule has 82 valence electrons. The highest BCUT2D eigenvalue weighted by Gasteiger charge is 2.15. The normalized spacial score (nSPS) is 12.4. The van der Waals surface area contributed by atoms with Gasteiger partial charge in [-0.25, -0.2) is 0 Å². The fourth-order valence-electron chi connectivity index (χ4n) is 1.26. The Labute approximate surface area is 87.3 Å². The number of aliphatic carboxylic acids is 1. The Kier molecular flexibility index (Phi) is 3.16. The van der Waals surface area contributed by atoms with Crippen LogP contribution in [-0.4, -0.2) is 22.2 Å². The van der Waals surface area contributed by atoms with E-state index in [9.17, 15) is 9.90 Å². The van der Waals surface area contributed by atoms with Gasteiger partial charge >= 0.3 is 5.97 Å². The Bertz CT molecular complexity index is 390. The van der Waals surface area contributed by atoms with Crippen LogP contribution in [0, 0.1) is 6.92 Å². The van der Waals surface area contributed by atoms with Gasteiger partial charge in [-0.1, -0.05) is 12.1 Å². The summed E-state index contributed by atoms with van der Waals surface area (Å²) in [6.07, 6.45) is 0.106. The van der Waals surface area contributed by atoms with E-state index in [-0.39, 0.29) is 17.9 Å². The van der Waals surface area contributed by atoms with Gasteiger partial charge in [0.1, 0.15) is 11.8 Å². The fraction of sp³-hybridized carbons (Fsp3) is 0.300. The number of carbonyl (C=O) groups is 1. The largest absolute Gasteiger partial charge is 0.506 e. The van der Waals surface area contributed by atoms with E-state index in [1.807, 2.05) is 0 Å². The first-order valence-electron chi connectivity index (χ1n) is 4.48. The van der Waals surface area contributed by atoms with Crippen LogP contribution in [0.25, 0.3) is 0 Å². The average molecular weight is 210 g/mol. The van der Waals surface area contributed by atoms with Crippen LogP contribution in [-0.2, 0) is 11.2 Å². The van der Waals surface area contributed by atoms with Crippen molar-refractivity contribution < 1.29 is 15.0 Å². The fourth-order valence-corrected chi connectivity index (χ4v) is 1.26. The Morgan fingerprint density at radius 3 is 2.67 bits per heavy atom. The van der Waals surface area contributed by atoms with E-state index >= 15 is 0 Å².